The van der Waals surface area contributed by atoms with Gasteiger partial charge in [-0.1, -0.05) is 20.8 Å². The molecule has 1 N–H and O–H groups in total. The molecule has 0 aromatic heterocycles. The van der Waals surface area contributed by atoms with Gasteiger partial charge in [0.05, 0.1) is 13.7 Å². The van der Waals surface area contributed by atoms with Crippen molar-refractivity contribution in [3.63, 3.8) is 0 Å². The molecule has 3 nitrogen and oxygen atoms in total. The Morgan fingerprint density at radius 3 is 2.68 bits per heavy atom. The molecule has 0 saturated heterocycles. The number of nitrogens with one attached hydrogen (secondary N) is 1. The fourth-order valence-electron chi connectivity index (χ4n) is 1.77. The van der Waals surface area contributed by atoms with Gasteiger partial charge in [-0.2, -0.15) is 0 Å². The molecule has 0 unspecified atom stereocenters. The van der Waals surface area contributed by atoms with Crippen LogP contribution in [0.15, 0.2) is 18.2 Å². The highest BCUT2D eigenvalue weighted by atomic mass is 16.5. The highest BCUT2D eigenvalue weighted by molar-refractivity contribution is 5.40. The van der Waals surface area contributed by atoms with Crippen LogP contribution < -0.4 is 14.8 Å². The number of rotatable bonds is 9. The minimum Gasteiger partial charge on any atom is -0.497 e. The van der Waals surface area contributed by atoms with E-state index in [4.69, 9.17) is 9.47 Å². The van der Waals surface area contributed by atoms with Crippen LogP contribution in [0.1, 0.15) is 39.2 Å². The normalized spacial score (nSPS) is 10.8. The third-order valence-electron chi connectivity index (χ3n) is 2.96. The van der Waals surface area contributed by atoms with Crippen LogP contribution in [0.3, 0.4) is 0 Å². The summed E-state index contributed by atoms with van der Waals surface area (Å²) in [5, 5.41) is 3.41. The Labute approximate surface area is 117 Å². The van der Waals surface area contributed by atoms with Crippen molar-refractivity contribution in [3.05, 3.63) is 23.8 Å². The second-order valence-electron chi connectivity index (χ2n) is 5.18. The van der Waals surface area contributed by atoms with Gasteiger partial charge in [-0.15, -0.1) is 0 Å². The van der Waals surface area contributed by atoms with Crippen LogP contribution in [0.5, 0.6) is 11.5 Å². The van der Waals surface area contributed by atoms with Crippen molar-refractivity contribution in [3.8, 4) is 11.5 Å². The Bertz CT molecular complexity index is 364. The van der Waals surface area contributed by atoms with Crippen LogP contribution in [0.25, 0.3) is 0 Å². The molecular formula is C16H27NO2. The van der Waals surface area contributed by atoms with Crippen LogP contribution in [0.4, 0.5) is 0 Å². The molecular weight excluding hydrogens is 238 g/mol. The Kier molecular flexibility index (Phi) is 7.34. The van der Waals surface area contributed by atoms with Crippen molar-refractivity contribution in [1.82, 2.24) is 5.32 Å². The molecule has 0 fully saturated rings. The minimum atomic E-state index is 0.667. The molecule has 1 rings (SSSR count). The molecule has 0 spiro atoms. The summed E-state index contributed by atoms with van der Waals surface area (Å²) in [6.07, 6.45) is 2.21. The van der Waals surface area contributed by atoms with E-state index in [0.29, 0.717) is 5.92 Å². The molecule has 3 heteroatoms. The molecule has 19 heavy (non-hydrogen) atoms. The predicted molar refractivity (Wildman–Crippen MR) is 79.9 cm³/mol. The molecule has 1 aromatic rings. The van der Waals surface area contributed by atoms with E-state index in [2.05, 4.69) is 26.1 Å². The minimum absolute atomic E-state index is 0.667. The maximum absolute atomic E-state index is 5.88. The largest absolute Gasteiger partial charge is 0.497 e. The number of benzene rings is 1. The van der Waals surface area contributed by atoms with Crippen molar-refractivity contribution in [2.75, 3.05) is 20.3 Å². The summed E-state index contributed by atoms with van der Waals surface area (Å²) in [6, 6.07) is 6.00. The molecule has 0 heterocycles. The predicted octanol–water partition coefficient (Wildman–Crippen LogP) is 3.62. The summed E-state index contributed by atoms with van der Waals surface area (Å²) in [5.41, 5.74) is 1.16. The van der Waals surface area contributed by atoms with Gasteiger partial charge in [-0.05, 0) is 43.5 Å². The second kappa shape index (κ2) is 8.81. The molecule has 0 atom stereocenters. The summed E-state index contributed by atoms with van der Waals surface area (Å²) in [5.74, 6) is 2.51. The first-order valence-corrected chi connectivity index (χ1v) is 7.17. The van der Waals surface area contributed by atoms with Crippen LogP contribution in [0, 0.1) is 5.92 Å². The summed E-state index contributed by atoms with van der Waals surface area (Å²) in [4.78, 5) is 0. The van der Waals surface area contributed by atoms with E-state index in [1.165, 1.54) is 0 Å². The Balaban J connectivity index is 2.65. The molecule has 1 aromatic carbocycles. The van der Waals surface area contributed by atoms with E-state index in [0.717, 1.165) is 49.6 Å². The van der Waals surface area contributed by atoms with Gasteiger partial charge in [0.25, 0.3) is 0 Å². The zero-order chi connectivity index (χ0) is 14.1. The summed E-state index contributed by atoms with van der Waals surface area (Å²) >= 11 is 0. The maximum atomic E-state index is 5.88. The molecule has 0 bridgehead atoms. The Morgan fingerprint density at radius 2 is 2.05 bits per heavy atom. The number of ether oxygens (including phenoxy) is 2. The molecule has 0 aliphatic rings. The molecule has 0 saturated carbocycles. The van der Waals surface area contributed by atoms with Crippen molar-refractivity contribution in [2.24, 2.45) is 5.92 Å². The van der Waals surface area contributed by atoms with E-state index in [1.54, 1.807) is 7.11 Å². The van der Waals surface area contributed by atoms with Crippen molar-refractivity contribution < 1.29 is 9.47 Å². The monoisotopic (exact) mass is 265 g/mol. The lowest BCUT2D eigenvalue weighted by Gasteiger charge is -2.14. The second-order valence-corrected chi connectivity index (χ2v) is 5.18. The van der Waals surface area contributed by atoms with Gasteiger partial charge in [-0.3, -0.25) is 0 Å². The van der Waals surface area contributed by atoms with Crippen molar-refractivity contribution in [2.45, 2.75) is 40.2 Å². The van der Waals surface area contributed by atoms with E-state index >= 15 is 0 Å². The first kappa shape index (κ1) is 15.8. The van der Waals surface area contributed by atoms with E-state index in [-0.39, 0.29) is 0 Å². The van der Waals surface area contributed by atoms with Gasteiger partial charge in [0.1, 0.15) is 11.5 Å². The third-order valence-corrected chi connectivity index (χ3v) is 2.96. The van der Waals surface area contributed by atoms with Gasteiger partial charge in [0, 0.05) is 12.1 Å². The quantitative estimate of drug-likeness (QED) is 0.692. The fourth-order valence-corrected chi connectivity index (χ4v) is 1.77. The number of methoxy groups -OCH3 is 1. The van der Waals surface area contributed by atoms with Gasteiger partial charge in [-0.25, -0.2) is 0 Å². The number of hydrogen-bond donors (Lipinski definition) is 1. The zero-order valence-electron chi connectivity index (χ0n) is 12.7. The number of hydrogen-bond acceptors (Lipinski definition) is 3. The highest BCUT2D eigenvalue weighted by Crippen LogP contribution is 2.24. The van der Waals surface area contributed by atoms with Crippen molar-refractivity contribution in [1.29, 1.82) is 0 Å². The average molecular weight is 265 g/mol. The third kappa shape index (κ3) is 5.97. The first-order valence-electron chi connectivity index (χ1n) is 7.17. The molecule has 108 valence electrons. The zero-order valence-corrected chi connectivity index (χ0v) is 12.7. The molecule has 0 aliphatic carbocycles. The SMILES string of the molecule is CCCNCc1cc(OC)ccc1OCCC(C)C. The van der Waals surface area contributed by atoms with Crippen molar-refractivity contribution >= 4 is 0 Å². The highest BCUT2D eigenvalue weighted by Gasteiger charge is 2.06. The lowest BCUT2D eigenvalue weighted by Crippen LogP contribution is -2.15. The van der Waals surface area contributed by atoms with Gasteiger partial charge in [0.2, 0.25) is 0 Å². The Hall–Kier alpha value is -1.22. The van der Waals surface area contributed by atoms with Gasteiger partial charge in [0.15, 0.2) is 0 Å². The fraction of sp³-hybridized carbons (Fsp3) is 0.625. The summed E-state index contributed by atoms with van der Waals surface area (Å²) in [6.45, 7) is 9.19. The molecule has 0 amide bonds. The lowest BCUT2D eigenvalue weighted by molar-refractivity contribution is 0.285. The molecule has 0 radical (unpaired) electrons. The molecule has 0 aliphatic heterocycles. The maximum Gasteiger partial charge on any atom is 0.124 e. The van der Waals surface area contributed by atoms with Crippen LogP contribution in [0.2, 0.25) is 0 Å². The smallest absolute Gasteiger partial charge is 0.124 e. The van der Waals surface area contributed by atoms with Gasteiger partial charge >= 0.3 is 0 Å². The standard InChI is InChI=1S/C16H27NO2/c1-5-9-17-12-14-11-15(18-4)6-7-16(14)19-10-8-13(2)3/h6-7,11,13,17H,5,8-10,12H2,1-4H3. The van der Waals surface area contributed by atoms with E-state index in [9.17, 15) is 0 Å². The first-order chi connectivity index (χ1) is 9.17. The van der Waals surface area contributed by atoms with Crippen LogP contribution >= 0.6 is 0 Å². The van der Waals surface area contributed by atoms with Crippen LogP contribution in [-0.4, -0.2) is 20.3 Å². The van der Waals surface area contributed by atoms with E-state index in [1.807, 2.05) is 18.2 Å². The van der Waals surface area contributed by atoms with Crippen LogP contribution in [-0.2, 0) is 6.54 Å². The van der Waals surface area contributed by atoms with E-state index < -0.39 is 0 Å². The summed E-state index contributed by atoms with van der Waals surface area (Å²) in [7, 11) is 1.69. The topological polar surface area (TPSA) is 30.5 Å². The van der Waals surface area contributed by atoms with Gasteiger partial charge < -0.3 is 14.8 Å². The summed E-state index contributed by atoms with van der Waals surface area (Å²) < 4.78 is 11.2. The average Bonchev–Trinajstić information content (AvgIpc) is 2.40. The Morgan fingerprint density at radius 1 is 1.26 bits per heavy atom. The lowest BCUT2D eigenvalue weighted by atomic mass is 10.1.